The summed E-state index contributed by atoms with van der Waals surface area (Å²) in [5.74, 6) is -0.206. The molecule has 9 heteroatoms. The van der Waals surface area contributed by atoms with Crippen LogP contribution in [-0.4, -0.2) is 87.5 Å². The number of hydrogen-bond donors (Lipinski definition) is 6. The van der Waals surface area contributed by atoms with Crippen molar-refractivity contribution >= 4 is 5.91 Å². The molecule has 9 nitrogen and oxygen atoms in total. The number of aliphatic hydroxyl groups excluding tert-OH is 5. The van der Waals surface area contributed by atoms with Crippen LogP contribution < -0.4 is 5.32 Å². The number of carbonyl (C=O) groups excluding carboxylic acids is 1. The lowest BCUT2D eigenvalue weighted by atomic mass is 9.99. The zero-order chi connectivity index (χ0) is 53.6. The maximum atomic E-state index is 13.1. The summed E-state index contributed by atoms with van der Waals surface area (Å²) in [5, 5.41) is 54.5. The molecule has 6 N–H and O–H groups in total. The smallest absolute Gasteiger partial charge is 0.220 e. The summed E-state index contributed by atoms with van der Waals surface area (Å²) in [5.41, 5.74) is 0. The van der Waals surface area contributed by atoms with Crippen LogP contribution in [0.1, 0.15) is 264 Å². The monoisotopic (exact) mass is 1040 g/mol. The van der Waals surface area contributed by atoms with Crippen molar-refractivity contribution in [3.63, 3.8) is 0 Å². The average Bonchev–Trinajstić information content (AvgIpc) is 3.40. The van der Waals surface area contributed by atoms with Gasteiger partial charge in [0.1, 0.15) is 24.4 Å². The molecule has 0 aliphatic carbocycles. The van der Waals surface area contributed by atoms with Crippen LogP contribution in [0.3, 0.4) is 0 Å². The van der Waals surface area contributed by atoms with Crippen LogP contribution in [0.25, 0.3) is 0 Å². The van der Waals surface area contributed by atoms with E-state index in [1.165, 1.54) is 154 Å². The average molecular weight is 1040 g/mol. The van der Waals surface area contributed by atoms with E-state index in [9.17, 15) is 30.3 Å². The van der Waals surface area contributed by atoms with E-state index in [1.807, 2.05) is 6.08 Å². The van der Waals surface area contributed by atoms with Crippen molar-refractivity contribution in [3.05, 3.63) is 85.1 Å². The first kappa shape index (κ1) is 69.4. The van der Waals surface area contributed by atoms with Gasteiger partial charge in [-0.2, -0.15) is 0 Å². The SMILES string of the molecule is CC/C=C\C/C=C\C/C=C\C/C=C\C/C=C\CCCCCCCC(=O)NC(COC1OC(CO)C(O)C(O)C1O)C(O)/C=C/CC/C=C/CCCCCCCCCCCCCCCCCCCCCCCCCC. The molecule has 0 aromatic rings. The fraction of sp³-hybridized carbons (Fsp3) is 0.769. The second-order valence-electron chi connectivity index (χ2n) is 21.1. The highest BCUT2D eigenvalue weighted by atomic mass is 16.7. The highest BCUT2D eigenvalue weighted by Gasteiger charge is 2.44. The Morgan fingerprint density at radius 3 is 1.30 bits per heavy atom. The predicted molar refractivity (Wildman–Crippen MR) is 313 cm³/mol. The van der Waals surface area contributed by atoms with E-state index in [1.54, 1.807) is 6.08 Å². The molecule has 428 valence electrons. The Morgan fingerprint density at radius 2 is 0.851 bits per heavy atom. The molecule has 0 bridgehead atoms. The third-order valence-electron chi connectivity index (χ3n) is 14.2. The summed E-state index contributed by atoms with van der Waals surface area (Å²) in [6.07, 6.45) is 69.5. The Bertz CT molecular complexity index is 1440. The van der Waals surface area contributed by atoms with Gasteiger partial charge in [0.2, 0.25) is 5.91 Å². The molecule has 0 aromatic heterocycles. The summed E-state index contributed by atoms with van der Waals surface area (Å²) in [7, 11) is 0. The summed E-state index contributed by atoms with van der Waals surface area (Å²) in [4.78, 5) is 13.1. The fourth-order valence-corrected chi connectivity index (χ4v) is 9.38. The van der Waals surface area contributed by atoms with Gasteiger partial charge in [0.05, 0.1) is 25.4 Å². The lowest BCUT2D eigenvalue weighted by Crippen LogP contribution is -2.60. The van der Waals surface area contributed by atoms with Crippen molar-refractivity contribution in [3.8, 4) is 0 Å². The fourth-order valence-electron chi connectivity index (χ4n) is 9.38. The van der Waals surface area contributed by atoms with Crippen LogP contribution >= 0.6 is 0 Å². The molecule has 7 unspecified atom stereocenters. The highest BCUT2D eigenvalue weighted by Crippen LogP contribution is 2.23. The first-order valence-corrected chi connectivity index (χ1v) is 30.8. The molecule has 7 atom stereocenters. The molecule has 1 rings (SSSR count). The van der Waals surface area contributed by atoms with Gasteiger partial charge >= 0.3 is 0 Å². The number of unbranched alkanes of at least 4 members (excludes halogenated alkanes) is 30. The molecule has 0 aromatic carbocycles. The Hall–Kier alpha value is -2.63. The van der Waals surface area contributed by atoms with E-state index in [0.29, 0.717) is 6.42 Å². The number of aliphatic hydroxyl groups is 5. The number of nitrogens with one attached hydrogen (secondary N) is 1. The van der Waals surface area contributed by atoms with Crippen LogP contribution in [-0.2, 0) is 14.3 Å². The van der Waals surface area contributed by atoms with E-state index in [-0.39, 0.29) is 12.5 Å². The maximum Gasteiger partial charge on any atom is 0.220 e. The second-order valence-corrected chi connectivity index (χ2v) is 21.1. The van der Waals surface area contributed by atoms with Gasteiger partial charge in [-0.05, 0) is 77.0 Å². The molecule has 0 saturated carbocycles. The van der Waals surface area contributed by atoms with Crippen LogP contribution in [0.2, 0.25) is 0 Å². The van der Waals surface area contributed by atoms with Crippen molar-refractivity contribution in [2.24, 2.45) is 0 Å². The van der Waals surface area contributed by atoms with E-state index < -0.39 is 49.5 Å². The van der Waals surface area contributed by atoms with Gasteiger partial charge < -0.3 is 40.3 Å². The van der Waals surface area contributed by atoms with Gasteiger partial charge in [-0.3, -0.25) is 4.79 Å². The van der Waals surface area contributed by atoms with Crippen LogP contribution in [0, 0.1) is 0 Å². The molecule has 0 radical (unpaired) electrons. The molecule has 1 aliphatic rings. The van der Waals surface area contributed by atoms with Gasteiger partial charge in [-0.25, -0.2) is 0 Å². The maximum absolute atomic E-state index is 13.1. The molecule has 1 fully saturated rings. The first-order chi connectivity index (χ1) is 36.3. The minimum absolute atomic E-state index is 0.206. The van der Waals surface area contributed by atoms with Crippen molar-refractivity contribution in [1.29, 1.82) is 0 Å². The molecule has 74 heavy (non-hydrogen) atoms. The summed E-state index contributed by atoms with van der Waals surface area (Å²) in [6, 6.07) is -0.839. The second kappa shape index (κ2) is 53.8. The number of amides is 1. The molecule has 1 aliphatic heterocycles. The Labute approximate surface area is 454 Å². The van der Waals surface area contributed by atoms with Gasteiger partial charge in [-0.15, -0.1) is 0 Å². The highest BCUT2D eigenvalue weighted by molar-refractivity contribution is 5.76. The third kappa shape index (κ3) is 42.5. The Balaban J connectivity index is 2.23. The molecule has 0 spiro atoms. The van der Waals surface area contributed by atoms with Crippen molar-refractivity contribution in [1.82, 2.24) is 5.32 Å². The van der Waals surface area contributed by atoms with E-state index in [0.717, 1.165) is 89.9 Å². The number of rotatable bonds is 52. The Morgan fingerprint density at radius 1 is 0.473 bits per heavy atom. The minimum Gasteiger partial charge on any atom is -0.394 e. The molecular weight excluding hydrogens is 923 g/mol. The molecule has 1 heterocycles. The van der Waals surface area contributed by atoms with Crippen molar-refractivity contribution in [2.45, 2.75) is 307 Å². The van der Waals surface area contributed by atoms with Gasteiger partial charge in [0.25, 0.3) is 0 Å². The largest absolute Gasteiger partial charge is 0.394 e. The van der Waals surface area contributed by atoms with Crippen LogP contribution in [0.5, 0.6) is 0 Å². The molecule has 1 saturated heterocycles. The van der Waals surface area contributed by atoms with Crippen LogP contribution in [0.15, 0.2) is 85.1 Å². The lowest BCUT2D eigenvalue weighted by Gasteiger charge is -2.40. The normalized spacial score (nSPS) is 19.6. The third-order valence-corrected chi connectivity index (χ3v) is 14.2. The van der Waals surface area contributed by atoms with Gasteiger partial charge in [0, 0.05) is 6.42 Å². The predicted octanol–water partition coefficient (Wildman–Crippen LogP) is 15.8. The summed E-state index contributed by atoms with van der Waals surface area (Å²) >= 11 is 0. The quantitative estimate of drug-likeness (QED) is 0.0261. The topological polar surface area (TPSA) is 149 Å². The van der Waals surface area contributed by atoms with Crippen LogP contribution in [0.4, 0.5) is 0 Å². The molecular formula is C65H115NO8. The van der Waals surface area contributed by atoms with Gasteiger partial charge in [-0.1, -0.05) is 266 Å². The summed E-state index contributed by atoms with van der Waals surface area (Å²) < 4.78 is 11.3. The number of carbonyl (C=O) groups is 1. The lowest BCUT2D eigenvalue weighted by molar-refractivity contribution is -0.302. The van der Waals surface area contributed by atoms with Gasteiger partial charge in [0.15, 0.2) is 6.29 Å². The van der Waals surface area contributed by atoms with E-state index in [2.05, 4.69) is 92.1 Å². The van der Waals surface area contributed by atoms with Crippen molar-refractivity contribution < 1.29 is 39.8 Å². The number of ether oxygens (including phenoxy) is 2. The zero-order valence-electron chi connectivity index (χ0n) is 47.6. The summed E-state index contributed by atoms with van der Waals surface area (Å²) in [6.45, 7) is 3.65. The first-order valence-electron chi connectivity index (χ1n) is 30.8. The Kier molecular flexibility index (Phi) is 50.4. The minimum atomic E-state index is -1.58. The van der Waals surface area contributed by atoms with E-state index in [4.69, 9.17) is 9.47 Å². The van der Waals surface area contributed by atoms with Crippen molar-refractivity contribution in [2.75, 3.05) is 13.2 Å². The molecule has 1 amide bonds. The zero-order valence-corrected chi connectivity index (χ0v) is 47.6. The number of hydrogen-bond acceptors (Lipinski definition) is 8. The number of allylic oxidation sites excluding steroid dienone is 13. The van der Waals surface area contributed by atoms with E-state index >= 15 is 0 Å². The standard InChI is InChI=1S/C65H115NO8/c1-3-5-7-9-11-13-15-17-19-21-23-25-26-27-28-29-30-31-32-33-35-36-38-40-42-44-46-48-50-52-54-59(68)58(57-73-65-64(72)63(71)62(70)60(56-67)74-65)66-61(69)55-53-51-49-47-45-43-41-39-37-34-24-22-20-18-16-14-12-10-8-6-4-2/h6,8,12,14,18,20,24,34,39,41,44,46,52,54,58-60,62-65,67-68,70-72H,3-5,7,9-11,13,15-17,19,21-23,25-33,35-38,40,42-43,45,47-51,53,55-57H2,1-2H3,(H,66,69)/b8-6-,14-12-,20-18-,34-24-,41-39-,46-44+,54-52+.